The van der Waals surface area contributed by atoms with E-state index in [9.17, 15) is 4.79 Å². The third-order valence-corrected chi connectivity index (χ3v) is 4.59. The predicted octanol–water partition coefficient (Wildman–Crippen LogP) is 2.70. The third kappa shape index (κ3) is 3.48. The molecule has 0 fully saturated rings. The summed E-state index contributed by atoms with van der Waals surface area (Å²) < 4.78 is 12.4. The Morgan fingerprint density at radius 1 is 1.22 bits per heavy atom. The van der Waals surface area contributed by atoms with E-state index in [1.54, 1.807) is 35.4 Å². The SMILES string of the molecule is CC(C)(CNC(=O)c1ccc(-n2cccn2)nc1)c1ccc2c(c1)OCO2. The number of carbonyl (C=O) groups is 1. The summed E-state index contributed by atoms with van der Waals surface area (Å²) in [5.74, 6) is 1.99. The van der Waals surface area contributed by atoms with Crippen molar-refractivity contribution in [2.24, 2.45) is 0 Å². The second-order valence-electron chi connectivity index (χ2n) is 6.99. The van der Waals surface area contributed by atoms with E-state index in [1.165, 1.54) is 0 Å². The van der Waals surface area contributed by atoms with Gasteiger partial charge < -0.3 is 14.8 Å². The molecule has 138 valence electrons. The molecule has 0 radical (unpaired) electrons. The van der Waals surface area contributed by atoms with Gasteiger partial charge >= 0.3 is 0 Å². The number of nitrogens with one attached hydrogen (secondary N) is 1. The van der Waals surface area contributed by atoms with E-state index in [0.29, 0.717) is 17.9 Å². The van der Waals surface area contributed by atoms with E-state index in [1.807, 2.05) is 24.3 Å². The van der Waals surface area contributed by atoms with Crippen molar-refractivity contribution >= 4 is 5.91 Å². The fraction of sp³-hybridized carbons (Fsp3) is 0.250. The van der Waals surface area contributed by atoms with E-state index >= 15 is 0 Å². The van der Waals surface area contributed by atoms with Crippen molar-refractivity contribution in [1.29, 1.82) is 0 Å². The predicted molar refractivity (Wildman–Crippen MR) is 99.3 cm³/mol. The van der Waals surface area contributed by atoms with Gasteiger partial charge in [0.05, 0.1) is 5.56 Å². The van der Waals surface area contributed by atoms with Gasteiger partial charge in [-0.1, -0.05) is 19.9 Å². The first-order valence-electron chi connectivity index (χ1n) is 8.67. The summed E-state index contributed by atoms with van der Waals surface area (Å²) >= 11 is 0. The van der Waals surface area contributed by atoms with Gasteiger partial charge in [0.1, 0.15) is 0 Å². The number of aromatic nitrogens is 3. The second kappa shape index (κ2) is 6.75. The van der Waals surface area contributed by atoms with Crippen LogP contribution in [0.3, 0.4) is 0 Å². The van der Waals surface area contributed by atoms with Gasteiger partial charge in [0.15, 0.2) is 17.3 Å². The molecule has 1 aliphatic rings. The molecule has 0 unspecified atom stereocenters. The van der Waals surface area contributed by atoms with Crippen LogP contribution in [0.25, 0.3) is 5.82 Å². The summed E-state index contributed by atoms with van der Waals surface area (Å²) in [5, 5.41) is 7.11. The summed E-state index contributed by atoms with van der Waals surface area (Å²) in [4.78, 5) is 16.8. The molecule has 1 N–H and O–H groups in total. The van der Waals surface area contributed by atoms with Crippen LogP contribution in [0.15, 0.2) is 55.0 Å². The van der Waals surface area contributed by atoms with Crippen molar-refractivity contribution in [1.82, 2.24) is 20.1 Å². The van der Waals surface area contributed by atoms with E-state index in [0.717, 1.165) is 17.1 Å². The number of hydrogen-bond acceptors (Lipinski definition) is 5. The van der Waals surface area contributed by atoms with Crippen molar-refractivity contribution in [3.63, 3.8) is 0 Å². The number of benzene rings is 1. The molecule has 0 bridgehead atoms. The van der Waals surface area contributed by atoms with Crippen molar-refractivity contribution in [2.45, 2.75) is 19.3 Å². The largest absolute Gasteiger partial charge is 0.454 e. The number of rotatable bonds is 5. The van der Waals surface area contributed by atoms with Gasteiger partial charge in [-0.15, -0.1) is 0 Å². The Labute approximate surface area is 156 Å². The Hall–Kier alpha value is -3.35. The number of pyridine rings is 1. The number of carbonyl (C=O) groups excluding carboxylic acids is 1. The smallest absolute Gasteiger partial charge is 0.252 e. The molecule has 3 aromatic rings. The monoisotopic (exact) mass is 364 g/mol. The van der Waals surface area contributed by atoms with E-state index < -0.39 is 0 Å². The number of nitrogens with zero attached hydrogens (tertiary/aromatic N) is 3. The fourth-order valence-corrected chi connectivity index (χ4v) is 2.88. The number of fused-ring (bicyclic) bond motifs is 1. The highest BCUT2D eigenvalue weighted by Crippen LogP contribution is 2.36. The van der Waals surface area contributed by atoms with Gasteiger partial charge in [-0.3, -0.25) is 4.79 Å². The molecule has 4 rings (SSSR count). The Balaban J connectivity index is 1.42. The van der Waals surface area contributed by atoms with Crippen LogP contribution >= 0.6 is 0 Å². The highest BCUT2D eigenvalue weighted by Gasteiger charge is 2.25. The van der Waals surface area contributed by atoms with Crippen molar-refractivity contribution < 1.29 is 14.3 Å². The normalized spacial score (nSPS) is 12.8. The molecule has 0 saturated heterocycles. The average molecular weight is 364 g/mol. The summed E-state index contributed by atoms with van der Waals surface area (Å²) in [7, 11) is 0. The molecule has 7 heteroatoms. The molecule has 2 aromatic heterocycles. The van der Waals surface area contributed by atoms with Crippen LogP contribution in [0, 0.1) is 0 Å². The summed E-state index contributed by atoms with van der Waals surface area (Å²) in [5.41, 5.74) is 1.31. The third-order valence-electron chi connectivity index (χ3n) is 4.59. The quantitative estimate of drug-likeness (QED) is 0.753. The molecule has 0 spiro atoms. The maximum atomic E-state index is 12.5. The lowest BCUT2D eigenvalue weighted by molar-refractivity contribution is 0.0945. The average Bonchev–Trinajstić information content (AvgIpc) is 3.37. The van der Waals surface area contributed by atoms with Gasteiger partial charge in [0.2, 0.25) is 6.79 Å². The van der Waals surface area contributed by atoms with Crippen LogP contribution in [-0.4, -0.2) is 34.0 Å². The van der Waals surface area contributed by atoms with Gasteiger partial charge in [-0.2, -0.15) is 5.10 Å². The number of hydrogen-bond donors (Lipinski definition) is 1. The van der Waals surface area contributed by atoms with E-state index in [4.69, 9.17) is 9.47 Å². The zero-order chi connectivity index (χ0) is 18.9. The van der Waals surface area contributed by atoms with E-state index in [-0.39, 0.29) is 18.1 Å². The zero-order valence-electron chi connectivity index (χ0n) is 15.2. The highest BCUT2D eigenvalue weighted by atomic mass is 16.7. The van der Waals surface area contributed by atoms with Gasteiger partial charge in [-0.05, 0) is 35.9 Å². The minimum absolute atomic E-state index is 0.164. The summed E-state index contributed by atoms with van der Waals surface area (Å²) in [6.45, 7) is 4.87. The van der Waals surface area contributed by atoms with Gasteiger partial charge in [0, 0.05) is 30.6 Å². The lowest BCUT2D eigenvalue weighted by atomic mass is 9.84. The minimum Gasteiger partial charge on any atom is -0.454 e. The lowest BCUT2D eigenvalue weighted by Gasteiger charge is -2.26. The van der Waals surface area contributed by atoms with Crippen molar-refractivity contribution in [2.75, 3.05) is 13.3 Å². The van der Waals surface area contributed by atoms with Crippen LogP contribution in [-0.2, 0) is 5.41 Å². The Kier molecular flexibility index (Phi) is 4.27. The molecule has 3 heterocycles. The molecule has 1 amide bonds. The maximum absolute atomic E-state index is 12.5. The standard InChI is InChI=1S/C20H20N4O3/c1-20(2,15-5-6-16-17(10-15)27-13-26-16)12-22-19(25)14-4-7-18(21-11-14)24-9-3-8-23-24/h3-11H,12-13H2,1-2H3,(H,22,25). The topological polar surface area (TPSA) is 78.3 Å². The minimum atomic E-state index is -0.265. The Bertz CT molecular complexity index is 950. The molecule has 27 heavy (non-hydrogen) atoms. The number of amides is 1. The lowest BCUT2D eigenvalue weighted by Crippen LogP contribution is -2.36. The molecule has 0 saturated carbocycles. The molecule has 0 aliphatic carbocycles. The first-order chi connectivity index (χ1) is 13.0. The molecule has 1 aromatic carbocycles. The van der Waals surface area contributed by atoms with Crippen LogP contribution in [0.5, 0.6) is 11.5 Å². The summed E-state index contributed by atoms with van der Waals surface area (Å²) in [6, 6.07) is 11.2. The molecule has 0 atom stereocenters. The zero-order valence-corrected chi connectivity index (χ0v) is 15.2. The maximum Gasteiger partial charge on any atom is 0.252 e. The fourth-order valence-electron chi connectivity index (χ4n) is 2.88. The van der Waals surface area contributed by atoms with Gasteiger partial charge in [-0.25, -0.2) is 9.67 Å². The van der Waals surface area contributed by atoms with Gasteiger partial charge in [0.25, 0.3) is 5.91 Å². The first-order valence-corrected chi connectivity index (χ1v) is 8.67. The van der Waals surface area contributed by atoms with Crippen molar-refractivity contribution in [3.05, 3.63) is 66.1 Å². The van der Waals surface area contributed by atoms with Crippen LogP contribution in [0.2, 0.25) is 0 Å². The highest BCUT2D eigenvalue weighted by molar-refractivity contribution is 5.94. The molecular formula is C20H20N4O3. The molecule has 7 nitrogen and oxygen atoms in total. The van der Waals surface area contributed by atoms with Crippen molar-refractivity contribution in [3.8, 4) is 17.3 Å². The molecule has 1 aliphatic heterocycles. The Morgan fingerprint density at radius 3 is 2.81 bits per heavy atom. The van der Waals surface area contributed by atoms with Crippen LogP contribution < -0.4 is 14.8 Å². The van der Waals surface area contributed by atoms with Crippen LogP contribution in [0.4, 0.5) is 0 Å². The Morgan fingerprint density at radius 2 is 2.07 bits per heavy atom. The first kappa shape index (κ1) is 17.1. The number of ether oxygens (including phenoxy) is 2. The van der Waals surface area contributed by atoms with E-state index in [2.05, 4.69) is 29.2 Å². The molecular weight excluding hydrogens is 344 g/mol. The second-order valence-corrected chi connectivity index (χ2v) is 6.99. The summed E-state index contributed by atoms with van der Waals surface area (Å²) in [6.07, 6.45) is 5.04. The van der Waals surface area contributed by atoms with Crippen LogP contribution in [0.1, 0.15) is 29.8 Å².